The van der Waals surface area contributed by atoms with Gasteiger partial charge in [-0.25, -0.2) is 13.2 Å². The summed E-state index contributed by atoms with van der Waals surface area (Å²) < 4.78 is 27.0. The van der Waals surface area contributed by atoms with E-state index in [0.29, 0.717) is 6.61 Å². The number of carbonyl (C=O) groups is 1. The first-order chi connectivity index (χ1) is 8.45. The third kappa shape index (κ3) is 4.70. The van der Waals surface area contributed by atoms with Crippen LogP contribution >= 0.6 is 10.7 Å². The summed E-state index contributed by atoms with van der Waals surface area (Å²) in [5.74, 6) is -0.571. The smallest absolute Gasteiger partial charge is 0.354 e. The van der Waals surface area contributed by atoms with E-state index in [2.05, 4.69) is 11.9 Å². The second kappa shape index (κ2) is 6.80. The highest BCUT2D eigenvalue weighted by Gasteiger charge is 2.16. The summed E-state index contributed by atoms with van der Waals surface area (Å²) in [4.78, 5) is 13.9. The standard InChI is InChI=1S/C11H16ClNO4S/c1-2-3-4-5-6-17-11(14)10-7-9(8-13-10)18(12,15)16/h7-8,13H,2-6H2,1H3. The summed E-state index contributed by atoms with van der Waals surface area (Å²) >= 11 is 0. The molecule has 0 bridgehead atoms. The van der Waals surface area contributed by atoms with Gasteiger partial charge in [0.15, 0.2) is 0 Å². The molecule has 0 unspecified atom stereocenters. The minimum Gasteiger partial charge on any atom is -0.461 e. The lowest BCUT2D eigenvalue weighted by Crippen LogP contribution is -2.06. The molecule has 0 spiro atoms. The highest BCUT2D eigenvalue weighted by atomic mass is 35.7. The number of hydrogen-bond donors (Lipinski definition) is 1. The summed E-state index contributed by atoms with van der Waals surface area (Å²) in [5, 5.41) is 0. The Morgan fingerprint density at radius 3 is 2.67 bits per heavy atom. The van der Waals surface area contributed by atoms with Gasteiger partial charge in [-0.2, -0.15) is 0 Å². The van der Waals surface area contributed by atoms with Crippen LogP contribution in [0.3, 0.4) is 0 Å². The van der Waals surface area contributed by atoms with Crippen LogP contribution in [0.1, 0.15) is 43.1 Å². The molecule has 0 aromatic carbocycles. The van der Waals surface area contributed by atoms with Gasteiger partial charge in [0.05, 0.1) is 6.61 Å². The van der Waals surface area contributed by atoms with Crippen molar-refractivity contribution in [1.82, 2.24) is 4.98 Å². The molecule has 1 aromatic rings. The number of halogens is 1. The monoisotopic (exact) mass is 293 g/mol. The van der Waals surface area contributed by atoms with Gasteiger partial charge in [0.1, 0.15) is 10.6 Å². The van der Waals surface area contributed by atoms with Crippen molar-refractivity contribution in [3.8, 4) is 0 Å². The fourth-order valence-electron chi connectivity index (χ4n) is 1.40. The minimum absolute atomic E-state index is 0.0877. The maximum absolute atomic E-state index is 11.5. The highest BCUT2D eigenvalue weighted by molar-refractivity contribution is 8.13. The zero-order valence-corrected chi connectivity index (χ0v) is 11.7. The molecule has 0 fully saturated rings. The molecule has 7 heteroatoms. The first-order valence-corrected chi connectivity index (χ1v) is 8.06. The van der Waals surface area contributed by atoms with Gasteiger partial charge >= 0.3 is 5.97 Å². The van der Waals surface area contributed by atoms with Crippen molar-refractivity contribution in [2.45, 2.75) is 37.5 Å². The van der Waals surface area contributed by atoms with Crippen LogP contribution in [-0.4, -0.2) is 26.0 Å². The molecular weight excluding hydrogens is 278 g/mol. The maximum atomic E-state index is 11.5. The molecule has 18 heavy (non-hydrogen) atoms. The van der Waals surface area contributed by atoms with Crippen molar-refractivity contribution in [2.75, 3.05) is 6.61 Å². The third-order valence-corrected chi connectivity index (χ3v) is 3.72. The highest BCUT2D eigenvalue weighted by Crippen LogP contribution is 2.16. The Hall–Kier alpha value is -1.01. The van der Waals surface area contributed by atoms with Gasteiger partial charge in [-0.15, -0.1) is 0 Å². The number of nitrogens with one attached hydrogen (secondary N) is 1. The van der Waals surface area contributed by atoms with E-state index in [0.717, 1.165) is 37.9 Å². The average molecular weight is 294 g/mol. The molecule has 0 atom stereocenters. The predicted octanol–water partition coefficient (Wildman–Crippen LogP) is 2.68. The van der Waals surface area contributed by atoms with Crippen LogP contribution in [0.25, 0.3) is 0 Å². The second-order valence-corrected chi connectivity index (χ2v) is 6.45. The molecule has 0 aliphatic heterocycles. The lowest BCUT2D eigenvalue weighted by molar-refractivity contribution is 0.0491. The van der Waals surface area contributed by atoms with Gasteiger partial charge < -0.3 is 9.72 Å². The van der Waals surface area contributed by atoms with Crippen LogP contribution in [0, 0.1) is 0 Å². The molecule has 1 N–H and O–H groups in total. The Morgan fingerprint density at radius 1 is 1.39 bits per heavy atom. The third-order valence-electron chi connectivity index (χ3n) is 2.39. The number of aromatic nitrogens is 1. The quantitative estimate of drug-likeness (QED) is 0.476. The number of rotatable bonds is 7. The van der Waals surface area contributed by atoms with E-state index < -0.39 is 15.0 Å². The molecule has 1 rings (SSSR count). The molecule has 102 valence electrons. The number of hydrogen-bond acceptors (Lipinski definition) is 4. The van der Waals surface area contributed by atoms with Crippen molar-refractivity contribution in [3.05, 3.63) is 18.0 Å². The lowest BCUT2D eigenvalue weighted by Gasteiger charge is -2.02. The van der Waals surface area contributed by atoms with Gasteiger partial charge in [0.25, 0.3) is 9.05 Å². The van der Waals surface area contributed by atoms with Crippen molar-refractivity contribution in [2.24, 2.45) is 0 Å². The van der Waals surface area contributed by atoms with E-state index >= 15 is 0 Å². The van der Waals surface area contributed by atoms with Crippen LogP contribution in [0.15, 0.2) is 17.2 Å². The molecule has 0 aliphatic rings. The largest absolute Gasteiger partial charge is 0.461 e. The molecular formula is C11H16ClNO4S. The summed E-state index contributed by atoms with van der Waals surface area (Å²) in [6, 6.07) is 1.16. The topological polar surface area (TPSA) is 76.2 Å². The fourth-order valence-corrected chi connectivity index (χ4v) is 2.13. The Morgan fingerprint density at radius 2 is 2.11 bits per heavy atom. The summed E-state index contributed by atoms with van der Waals surface area (Å²) in [6.07, 6.45) is 5.20. The number of ether oxygens (including phenoxy) is 1. The van der Waals surface area contributed by atoms with Gasteiger partial charge in [-0.1, -0.05) is 26.2 Å². The predicted molar refractivity (Wildman–Crippen MR) is 68.3 cm³/mol. The lowest BCUT2D eigenvalue weighted by atomic mass is 10.2. The Labute approximate surface area is 111 Å². The molecule has 0 radical (unpaired) electrons. The van der Waals surface area contributed by atoms with Gasteiger partial charge in [0, 0.05) is 16.9 Å². The van der Waals surface area contributed by atoms with Crippen molar-refractivity contribution in [3.63, 3.8) is 0 Å². The zero-order chi connectivity index (χ0) is 13.6. The van der Waals surface area contributed by atoms with Gasteiger partial charge in [-0.3, -0.25) is 0 Å². The minimum atomic E-state index is -3.81. The average Bonchev–Trinajstić information content (AvgIpc) is 2.77. The van der Waals surface area contributed by atoms with E-state index in [1.165, 1.54) is 0 Å². The summed E-state index contributed by atoms with van der Waals surface area (Å²) in [6.45, 7) is 2.43. The first-order valence-electron chi connectivity index (χ1n) is 5.75. The summed E-state index contributed by atoms with van der Waals surface area (Å²) in [5.41, 5.74) is 0.0877. The van der Waals surface area contributed by atoms with E-state index in [1.807, 2.05) is 0 Å². The van der Waals surface area contributed by atoms with Crippen LogP contribution in [0.4, 0.5) is 0 Å². The van der Waals surface area contributed by atoms with E-state index in [1.54, 1.807) is 0 Å². The number of aromatic amines is 1. The van der Waals surface area contributed by atoms with Crippen molar-refractivity contribution >= 4 is 25.7 Å². The van der Waals surface area contributed by atoms with Gasteiger partial charge in [-0.05, 0) is 12.5 Å². The van der Waals surface area contributed by atoms with Crippen LogP contribution in [0.5, 0.6) is 0 Å². The summed E-state index contributed by atoms with van der Waals surface area (Å²) in [7, 11) is 1.32. The van der Waals surface area contributed by atoms with Gasteiger partial charge in [0.2, 0.25) is 0 Å². The second-order valence-electron chi connectivity index (χ2n) is 3.88. The number of carbonyl (C=O) groups excluding carboxylic acids is 1. The van der Waals surface area contributed by atoms with Crippen LogP contribution < -0.4 is 0 Å². The van der Waals surface area contributed by atoms with Crippen LogP contribution in [-0.2, 0) is 13.8 Å². The molecule has 1 heterocycles. The Kier molecular flexibility index (Phi) is 5.68. The maximum Gasteiger partial charge on any atom is 0.354 e. The Bertz CT molecular complexity index is 495. The van der Waals surface area contributed by atoms with E-state index in [4.69, 9.17) is 15.4 Å². The fraction of sp³-hybridized carbons (Fsp3) is 0.545. The van der Waals surface area contributed by atoms with Crippen LogP contribution in [0.2, 0.25) is 0 Å². The molecule has 0 saturated carbocycles. The number of unbranched alkanes of at least 4 members (excludes halogenated alkanes) is 3. The zero-order valence-electron chi connectivity index (χ0n) is 10.1. The van der Waals surface area contributed by atoms with Crippen molar-refractivity contribution < 1.29 is 17.9 Å². The number of esters is 1. The van der Waals surface area contributed by atoms with E-state index in [-0.39, 0.29) is 10.6 Å². The normalized spacial score (nSPS) is 11.4. The first kappa shape index (κ1) is 15.0. The number of H-pyrrole nitrogens is 1. The molecule has 0 aliphatic carbocycles. The Balaban J connectivity index is 2.45. The molecule has 5 nitrogen and oxygen atoms in total. The van der Waals surface area contributed by atoms with E-state index in [9.17, 15) is 13.2 Å². The molecule has 0 amide bonds. The molecule has 0 saturated heterocycles. The SMILES string of the molecule is CCCCCCOC(=O)c1cc(S(=O)(=O)Cl)c[nH]1. The molecule has 1 aromatic heterocycles. The van der Waals surface area contributed by atoms with Crippen molar-refractivity contribution in [1.29, 1.82) is 0 Å².